The highest BCUT2D eigenvalue weighted by molar-refractivity contribution is 7.13. The first-order valence-electron chi connectivity index (χ1n) is 10.2. The van der Waals surface area contributed by atoms with E-state index < -0.39 is 0 Å². The van der Waals surface area contributed by atoms with Gasteiger partial charge < -0.3 is 20.3 Å². The molecule has 1 heterocycles. The van der Waals surface area contributed by atoms with Crippen molar-refractivity contribution in [1.29, 1.82) is 0 Å². The Labute approximate surface area is 187 Å². The molecule has 0 unspecified atom stereocenters. The van der Waals surface area contributed by atoms with Gasteiger partial charge in [0.15, 0.2) is 5.13 Å². The van der Waals surface area contributed by atoms with Gasteiger partial charge >= 0.3 is 0 Å². The first-order chi connectivity index (χ1) is 14.7. The Morgan fingerprint density at radius 2 is 1.77 bits per heavy atom. The van der Waals surface area contributed by atoms with Crippen LogP contribution in [0.2, 0.25) is 0 Å². The molecular formula is C22H30N4O4S. The number of thiazole rings is 1. The third kappa shape index (κ3) is 7.67. The van der Waals surface area contributed by atoms with Gasteiger partial charge in [0, 0.05) is 23.5 Å². The maximum atomic E-state index is 12.9. The van der Waals surface area contributed by atoms with E-state index in [1.54, 1.807) is 36.8 Å². The number of amides is 3. The molecule has 0 saturated heterocycles. The van der Waals surface area contributed by atoms with Crippen LogP contribution in [-0.2, 0) is 16.0 Å². The molecule has 1 aromatic carbocycles. The van der Waals surface area contributed by atoms with Crippen molar-refractivity contribution in [2.24, 2.45) is 5.92 Å². The fourth-order valence-corrected chi connectivity index (χ4v) is 3.42. The topological polar surface area (TPSA) is 101 Å². The first-order valence-corrected chi connectivity index (χ1v) is 11.0. The summed E-state index contributed by atoms with van der Waals surface area (Å²) in [5.41, 5.74) is 1.07. The molecule has 1 aromatic heterocycles. The van der Waals surface area contributed by atoms with Gasteiger partial charge in [-0.05, 0) is 44.0 Å². The molecule has 0 saturated carbocycles. The summed E-state index contributed by atoms with van der Waals surface area (Å²) in [5.74, 6) is 0.338. The molecule has 0 fully saturated rings. The van der Waals surface area contributed by atoms with Crippen LogP contribution < -0.4 is 15.4 Å². The number of hydrogen-bond acceptors (Lipinski definition) is 6. The predicted molar refractivity (Wildman–Crippen MR) is 121 cm³/mol. The molecule has 0 aliphatic carbocycles. The number of hydrogen-bond donors (Lipinski definition) is 2. The molecule has 0 spiro atoms. The first kappa shape index (κ1) is 24.3. The van der Waals surface area contributed by atoms with Gasteiger partial charge in [-0.25, -0.2) is 4.98 Å². The summed E-state index contributed by atoms with van der Waals surface area (Å²) in [4.78, 5) is 43.1. The zero-order valence-electron chi connectivity index (χ0n) is 18.6. The zero-order chi connectivity index (χ0) is 23.0. The average Bonchev–Trinajstić information content (AvgIpc) is 3.16. The standard InChI is InChI=1S/C22H30N4O4S/c1-14(2)11-23-19(27)10-17-13-31-22(24-17)25-20(28)12-26(15(3)4)21(29)16-6-8-18(30-5)9-7-16/h6-9,13-15H,10-12H2,1-5H3,(H,23,27)(H,24,25,28). The molecule has 0 bridgehead atoms. The average molecular weight is 447 g/mol. The van der Waals surface area contributed by atoms with E-state index in [0.717, 1.165) is 0 Å². The molecule has 0 aliphatic rings. The van der Waals surface area contributed by atoms with Gasteiger partial charge in [-0.3, -0.25) is 14.4 Å². The van der Waals surface area contributed by atoms with Gasteiger partial charge in [-0.1, -0.05) is 13.8 Å². The molecule has 2 aromatic rings. The van der Waals surface area contributed by atoms with Crippen LogP contribution in [0.1, 0.15) is 43.7 Å². The number of methoxy groups -OCH3 is 1. The molecule has 8 nitrogen and oxygen atoms in total. The van der Waals surface area contributed by atoms with E-state index in [4.69, 9.17) is 4.74 Å². The van der Waals surface area contributed by atoms with Crippen molar-refractivity contribution < 1.29 is 19.1 Å². The Morgan fingerprint density at radius 1 is 1.10 bits per heavy atom. The third-order valence-corrected chi connectivity index (χ3v) is 5.19. The minimum Gasteiger partial charge on any atom is -0.497 e. The van der Waals surface area contributed by atoms with E-state index in [9.17, 15) is 14.4 Å². The van der Waals surface area contributed by atoms with E-state index in [1.807, 2.05) is 27.7 Å². The second kappa shape index (κ2) is 11.5. The molecule has 0 radical (unpaired) electrons. The van der Waals surface area contributed by atoms with Crippen molar-refractivity contribution in [3.63, 3.8) is 0 Å². The van der Waals surface area contributed by atoms with Crippen molar-refractivity contribution in [3.8, 4) is 5.75 Å². The Balaban J connectivity index is 1.95. The van der Waals surface area contributed by atoms with E-state index in [1.165, 1.54) is 16.2 Å². The Hall–Kier alpha value is -2.94. The fourth-order valence-electron chi connectivity index (χ4n) is 2.69. The third-order valence-electron chi connectivity index (χ3n) is 4.38. The highest BCUT2D eigenvalue weighted by Gasteiger charge is 2.22. The molecule has 0 aliphatic heterocycles. The molecule has 31 heavy (non-hydrogen) atoms. The summed E-state index contributed by atoms with van der Waals surface area (Å²) >= 11 is 1.25. The Morgan fingerprint density at radius 3 is 2.35 bits per heavy atom. The largest absolute Gasteiger partial charge is 0.497 e. The Bertz CT molecular complexity index is 893. The van der Waals surface area contributed by atoms with Gasteiger partial charge in [0.2, 0.25) is 11.8 Å². The number of anilines is 1. The minimum atomic E-state index is -0.347. The lowest BCUT2D eigenvalue weighted by Crippen LogP contribution is -2.42. The monoisotopic (exact) mass is 446 g/mol. The number of aromatic nitrogens is 1. The van der Waals surface area contributed by atoms with Crippen LogP contribution in [0.4, 0.5) is 5.13 Å². The maximum Gasteiger partial charge on any atom is 0.254 e. The number of rotatable bonds is 10. The minimum absolute atomic E-state index is 0.104. The summed E-state index contributed by atoms with van der Waals surface area (Å²) in [6, 6.07) is 6.59. The number of nitrogens with one attached hydrogen (secondary N) is 2. The van der Waals surface area contributed by atoms with Crippen LogP contribution in [0.3, 0.4) is 0 Å². The summed E-state index contributed by atoms with van der Waals surface area (Å²) in [6.07, 6.45) is 0.160. The number of nitrogens with zero attached hydrogens (tertiary/aromatic N) is 2. The summed E-state index contributed by atoms with van der Waals surface area (Å²) in [6.45, 7) is 8.26. The van der Waals surface area contributed by atoms with E-state index in [-0.39, 0.29) is 36.7 Å². The van der Waals surface area contributed by atoms with Gasteiger partial charge in [-0.2, -0.15) is 0 Å². The Kier molecular flexibility index (Phi) is 8.99. The second-order valence-corrected chi connectivity index (χ2v) is 8.68. The van der Waals surface area contributed by atoms with Crippen molar-refractivity contribution in [2.75, 3.05) is 25.5 Å². The zero-order valence-corrected chi connectivity index (χ0v) is 19.4. The van der Waals surface area contributed by atoms with Crippen LogP contribution in [-0.4, -0.2) is 53.8 Å². The van der Waals surface area contributed by atoms with Gasteiger partial charge in [0.1, 0.15) is 12.3 Å². The lowest BCUT2D eigenvalue weighted by Gasteiger charge is -2.26. The second-order valence-electron chi connectivity index (χ2n) is 7.82. The normalized spacial score (nSPS) is 10.8. The van der Waals surface area contributed by atoms with Crippen molar-refractivity contribution >= 4 is 34.2 Å². The molecule has 3 amide bonds. The van der Waals surface area contributed by atoms with Crippen LogP contribution in [0.5, 0.6) is 5.75 Å². The maximum absolute atomic E-state index is 12.9. The molecule has 9 heteroatoms. The van der Waals surface area contributed by atoms with Crippen LogP contribution >= 0.6 is 11.3 Å². The highest BCUT2D eigenvalue weighted by atomic mass is 32.1. The van der Waals surface area contributed by atoms with Crippen LogP contribution in [0.15, 0.2) is 29.6 Å². The molecule has 2 rings (SSSR count). The summed E-state index contributed by atoms with van der Waals surface area (Å²) in [5, 5.41) is 7.70. The molecular weight excluding hydrogens is 416 g/mol. The summed E-state index contributed by atoms with van der Waals surface area (Å²) < 4.78 is 5.12. The number of ether oxygens (including phenoxy) is 1. The summed E-state index contributed by atoms with van der Waals surface area (Å²) in [7, 11) is 1.56. The number of carbonyl (C=O) groups is 3. The highest BCUT2D eigenvalue weighted by Crippen LogP contribution is 2.17. The van der Waals surface area contributed by atoms with Crippen molar-refractivity contribution in [3.05, 3.63) is 40.9 Å². The van der Waals surface area contributed by atoms with E-state index in [2.05, 4.69) is 15.6 Å². The predicted octanol–water partition coefficient (Wildman–Crippen LogP) is 2.96. The number of carbonyl (C=O) groups excluding carboxylic acids is 3. The quantitative estimate of drug-likeness (QED) is 0.584. The fraction of sp³-hybridized carbons (Fsp3) is 0.455. The van der Waals surface area contributed by atoms with Crippen LogP contribution in [0.25, 0.3) is 0 Å². The molecule has 0 atom stereocenters. The van der Waals surface area contributed by atoms with Crippen molar-refractivity contribution in [2.45, 2.75) is 40.2 Å². The van der Waals surface area contributed by atoms with Crippen LogP contribution in [0, 0.1) is 5.92 Å². The van der Waals surface area contributed by atoms with Crippen molar-refractivity contribution in [1.82, 2.24) is 15.2 Å². The van der Waals surface area contributed by atoms with Gasteiger partial charge in [-0.15, -0.1) is 11.3 Å². The van der Waals surface area contributed by atoms with E-state index in [0.29, 0.717) is 34.6 Å². The molecule has 168 valence electrons. The lowest BCUT2D eigenvalue weighted by molar-refractivity contribution is -0.120. The SMILES string of the molecule is COc1ccc(C(=O)N(CC(=O)Nc2nc(CC(=O)NCC(C)C)cs2)C(C)C)cc1. The smallest absolute Gasteiger partial charge is 0.254 e. The number of benzene rings is 1. The van der Waals surface area contributed by atoms with Gasteiger partial charge in [0.05, 0.1) is 19.2 Å². The molecule has 2 N–H and O–H groups in total. The lowest BCUT2D eigenvalue weighted by atomic mass is 10.1. The van der Waals surface area contributed by atoms with E-state index >= 15 is 0 Å². The van der Waals surface area contributed by atoms with Gasteiger partial charge in [0.25, 0.3) is 5.91 Å².